The molecule has 0 radical (unpaired) electrons. The van der Waals surface area contributed by atoms with Crippen LogP contribution in [-0.2, 0) is 6.42 Å². The average molecular weight is 429 g/mol. The summed E-state index contributed by atoms with van der Waals surface area (Å²) in [7, 11) is 0. The third-order valence-corrected chi connectivity index (χ3v) is 6.87. The molecule has 2 bridgehead atoms. The predicted octanol–water partition coefficient (Wildman–Crippen LogP) is 5.28. The van der Waals surface area contributed by atoms with Crippen LogP contribution >= 0.6 is 0 Å². The van der Waals surface area contributed by atoms with Crippen LogP contribution in [0.4, 0.5) is 0 Å². The van der Waals surface area contributed by atoms with Crippen LogP contribution in [0.15, 0.2) is 48.5 Å². The number of para-hydroxylation sites is 1. The first kappa shape index (κ1) is 20.7. The standard InChI is InChI=1S/C27H28N2O3/c30-24-12-3-1-2-6-17-28-27(32)19-15-13-18(14-16-19)26(31)22-10-7-9-21-20-8-4-5-11-23(20)29(24)25(21)22/h4-5,8,11,13-16,22H,1-3,6-7,9-10,12,17H2,(H,28,32). The summed E-state index contributed by atoms with van der Waals surface area (Å²) in [5, 5.41) is 4.04. The van der Waals surface area contributed by atoms with E-state index in [0.29, 0.717) is 24.1 Å². The number of fused-ring (bicyclic) bond motifs is 12. The number of benzene rings is 2. The van der Waals surface area contributed by atoms with E-state index in [4.69, 9.17) is 0 Å². The fourth-order valence-electron chi connectivity index (χ4n) is 5.26. The molecule has 1 aliphatic carbocycles. The average Bonchev–Trinajstić information content (AvgIpc) is 3.17. The van der Waals surface area contributed by atoms with Gasteiger partial charge in [0.2, 0.25) is 5.91 Å². The number of carbonyl (C=O) groups excluding carboxylic acids is 3. The Balaban J connectivity index is 1.63. The van der Waals surface area contributed by atoms with Crippen LogP contribution in [0.3, 0.4) is 0 Å². The van der Waals surface area contributed by atoms with Gasteiger partial charge in [0.15, 0.2) is 5.78 Å². The van der Waals surface area contributed by atoms with E-state index in [1.54, 1.807) is 24.3 Å². The Morgan fingerprint density at radius 1 is 0.781 bits per heavy atom. The van der Waals surface area contributed by atoms with Crippen molar-refractivity contribution >= 4 is 28.5 Å². The Kier molecular flexibility index (Phi) is 5.64. The lowest BCUT2D eigenvalue weighted by Gasteiger charge is -2.24. The van der Waals surface area contributed by atoms with Gasteiger partial charge in [0.1, 0.15) is 0 Å². The third-order valence-electron chi connectivity index (χ3n) is 6.87. The number of aromatic nitrogens is 1. The van der Waals surface area contributed by atoms with Crippen molar-refractivity contribution in [3.05, 3.63) is 70.9 Å². The van der Waals surface area contributed by atoms with Crippen LogP contribution in [0.25, 0.3) is 10.9 Å². The molecule has 1 amide bonds. The van der Waals surface area contributed by atoms with E-state index in [1.807, 2.05) is 22.8 Å². The van der Waals surface area contributed by atoms with Gasteiger partial charge >= 0.3 is 0 Å². The molecule has 6 rings (SSSR count). The minimum atomic E-state index is -0.342. The molecule has 1 atom stereocenters. The van der Waals surface area contributed by atoms with Gasteiger partial charge in [-0.25, -0.2) is 0 Å². The Hall–Kier alpha value is -3.21. The summed E-state index contributed by atoms with van der Waals surface area (Å²) in [6, 6.07) is 15.0. The monoisotopic (exact) mass is 428 g/mol. The zero-order chi connectivity index (χ0) is 22.1. The number of rotatable bonds is 0. The lowest BCUT2D eigenvalue weighted by Crippen LogP contribution is -2.25. The Morgan fingerprint density at radius 3 is 2.38 bits per heavy atom. The highest BCUT2D eigenvalue weighted by Crippen LogP contribution is 2.40. The fourth-order valence-corrected chi connectivity index (χ4v) is 5.26. The van der Waals surface area contributed by atoms with Gasteiger partial charge in [-0.15, -0.1) is 0 Å². The van der Waals surface area contributed by atoms with E-state index in [-0.39, 0.29) is 23.5 Å². The molecular weight excluding hydrogens is 400 g/mol. The number of nitrogens with one attached hydrogen (secondary N) is 1. The summed E-state index contributed by atoms with van der Waals surface area (Å²) < 4.78 is 1.85. The smallest absolute Gasteiger partial charge is 0.251 e. The molecule has 1 unspecified atom stereocenters. The van der Waals surface area contributed by atoms with E-state index < -0.39 is 0 Å². The lowest BCUT2D eigenvalue weighted by molar-refractivity contribution is 0.0890. The molecule has 0 fully saturated rings. The maximum atomic E-state index is 13.6. The molecule has 5 nitrogen and oxygen atoms in total. The van der Waals surface area contributed by atoms with E-state index in [2.05, 4.69) is 11.4 Å². The largest absolute Gasteiger partial charge is 0.352 e. The first-order valence-corrected chi connectivity index (χ1v) is 11.7. The summed E-state index contributed by atoms with van der Waals surface area (Å²) >= 11 is 0. The van der Waals surface area contributed by atoms with Crippen molar-refractivity contribution in [2.45, 2.75) is 57.3 Å². The van der Waals surface area contributed by atoms with Crippen LogP contribution in [0, 0.1) is 0 Å². The molecule has 164 valence electrons. The van der Waals surface area contributed by atoms with Crippen molar-refractivity contribution in [1.82, 2.24) is 9.88 Å². The number of carbonyl (C=O) groups is 3. The summed E-state index contributed by atoms with van der Waals surface area (Å²) in [4.78, 5) is 39.4. The number of hydrogen-bond acceptors (Lipinski definition) is 3. The van der Waals surface area contributed by atoms with Gasteiger partial charge in [-0.05, 0) is 55.9 Å². The Labute approximate surface area is 187 Å². The lowest BCUT2D eigenvalue weighted by atomic mass is 9.82. The van der Waals surface area contributed by atoms with E-state index >= 15 is 0 Å². The highest BCUT2D eigenvalue weighted by molar-refractivity contribution is 6.05. The van der Waals surface area contributed by atoms with Crippen LogP contribution in [0.2, 0.25) is 0 Å². The molecule has 3 aromatic rings. The van der Waals surface area contributed by atoms with Gasteiger partial charge in [0.25, 0.3) is 5.91 Å². The number of hydrogen-bond donors (Lipinski definition) is 1. The van der Waals surface area contributed by atoms with Crippen molar-refractivity contribution in [2.24, 2.45) is 0 Å². The SMILES string of the molecule is O=C1NCCCCCCC(=O)n2c3c(c4ccccc42)CCCC3C(=O)c2ccc1cc2. The second-order valence-electron chi connectivity index (χ2n) is 8.92. The quantitative estimate of drug-likeness (QED) is 0.530. The summed E-state index contributed by atoms with van der Waals surface area (Å²) in [6.45, 7) is 0.616. The maximum Gasteiger partial charge on any atom is 0.251 e. The molecule has 0 saturated heterocycles. The van der Waals surface area contributed by atoms with Gasteiger partial charge in [0.05, 0.1) is 11.4 Å². The normalized spacial score (nSPS) is 20.1. The van der Waals surface area contributed by atoms with Crippen molar-refractivity contribution in [3.8, 4) is 0 Å². The molecule has 0 saturated carbocycles. The zero-order valence-electron chi connectivity index (χ0n) is 18.2. The van der Waals surface area contributed by atoms with Crippen molar-refractivity contribution in [2.75, 3.05) is 6.54 Å². The van der Waals surface area contributed by atoms with Gasteiger partial charge in [0, 0.05) is 35.2 Å². The van der Waals surface area contributed by atoms with Crippen LogP contribution < -0.4 is 5.32 Å². The third kappa shape index (κ3) is 3.66. The highest BCUT2D eigenvalue weighted by atomic mass is 16.2. The molecule has 32 heavy (non-hydrogen) atoms. The van der Waals surface area contributed by atoms with Gasteiger partial charge in [-0.3, -0.25) is 19.0 Å². The molecule has 3 aliphatic rings. The first-order chi connectivity index (χ1) is 15.6. The van der Waals surface area contributed by atoms with Crippen LogP contribution in [-0.4, -0.2) is 28.7 Å². The number of aryl methyl sites for hydroxylation is 1. The van der Waals surface area contributed by atoms with Gasteiger partial charge in [-0.2, -0.15) is 0 Å². The van der Waals surface area contributed by atoms with Gasteiger partial charge < -0.3 is 5.32 Å². The summed E-state index contributed by atoms with van der Waals surface area (Å²) in [5.74, 6) is -0.344. The maximum absolute atomic E-state index is 13.6. The molecule has 2 aliphatic heterocycles. The second kappa shape index (κ2) is 8.73. The minimum absolute atomic E-state index is 0.0269. The summed E-state index contributed by atoms with van der Waals surface area (Å²) in [5.41, 5.74) is 4.11. The van der Waals surface area contributed by atoms with E-state index in [0.717, 1.165) is 67.1 Å². The molecule has 2 aromatic carbocycles. The number of amides is 1. The van der Waals surface area contributed by atoms with Crippen molar-refractivity contribution in [1.29, 1.82) is 0 Å². The second-order valence-corrected chi connectivity index (χ2v) is 8.92. The van der Waals surface area contributed by atoms with E-state index in [1.165, 1.54) is 0 Å². The number of Topliss-reactive ketones (excluding diaryl/α,β-unsaturated/α-hetero) is 1. The molecular formula is C27H28N2O3. The Morgan fingerprint density at radius 2 is 1.53 bits per heavy atom. The summed E-state index contributed by atoms with van der Waals surface area (Å²) in [6.07, 6.45) is 6.62. The molecule has 1 N–H and O–H groups in total. The Bertz CT molecular complexity index is 1190. The fraction of sp³-hybridized carbons (Fsp3) is 0.370. The van der Waals surface area contributed by atoms with Crippen molar-refractivity contribution in [3.63, 3.8) is 0 Å². The number of ketones is 1. The molecule has 5 heteroatoms. The predicted molar refractivity (Wildman–Crippen MR) is 124 cm³/mol. The first-order valence-electron chi connectivity index (χ1n) is 11.7. The van der Waals surface area contributed by atoms with Gasteiger partial charge in [-0.1, -0.05) is 43.2 Å². The molecule has 3 heterocycles. The molecule has 1 aromatic heterocycles. The zero-order valence-corrected chi connectivity index (χ0v) is 18.2. The topological polar surface area (TPSA) is 68.2 Å². The minimum Gasteiger partial charge on any atom is -0.352 e. The van der Waals surface area contributed by atoms with E-state index in [9.17, 15) is 14.4 Å². The van der Waals surface area contributed by atoms with Crippen molar-refractivity contribution < 1.29 is 14.4 Å². The highest BCUT2D eigenvalue weighted by Gasteiger charge is 2.34. The van der Waals surface area contributed by atoms with Crippen LogP contribution in [0.5, 0.6) is 0 Å². The molecule has 0 spiro atoms. The van der Waals surface area contributed by atoms with Crippen LogP contribution in [0.1, 0.15) is 87.6 Å². The number of nitrogens with zero attached hydrogens (tertiary/aromatic N) is 1.